The first kappa shape index (κ1) is 23.8. The lowest BCUT2D eigenvalue weighted by Crippen LogP contribution is -2.41. The molecule has 0 bridgehead atoms. The molecule has 1 N–H and O–H groups in total. The van der Waals surface area contributed by atoms with E-state index >= 15 is 0 Å². The molecule has 1 saturated heterocycles. The fraction of sp³-hybridized carbons (Fsp3) is 0.417. The van der Waals surface area contributed by atoms with Crippen molar-refractivity contribution in [1.29, 1.82) is 0 Å². The Balaban J connectivity index is 1.38. The minimum absolute atomic E-state index is 0.123. The second kappa shape index (κ2) is 9.87. The number of piperidine rings is 1. The van der Waals surface area contributed by atoms with E-state index in [1.807, 2.05) is 24.3 Å². The topological polar surface area (TPSA) is 86.8 Å². The van der Waals surface area contributed by atoms with Crippen LogP contribution in [0.2, 0.25) is 0 Å². The van der Waals surface area contributed by atoms with E-state index in [1.54, 1.807) is 32.3 Å². The molecule has 0 saturated carbocycles. The highest BCUT2D eigenvalue weighted by Crippen LogP contribution is 2.31. The first-order valence-corrected chi connectivity index (χ1v) is 13.4. The van der Waals surface area contributed by atoms with Crippen molar-refractivity contribution in [1.82, 2.24) is 9.21 Å². The number of nitrogens with one attached hydrogen (secondary N) is 1. The summed E-state index contributed by atoms with van der Waals surface area (Å²) in [7, 11) is -0.200. The maximum atomic E-state index is 13.1. The summed E-state index contributed by atoms with van der Waals surface area (Å²) in [5.74, 6) is -0.422. The predicted octanol–water partition coefficient (Wildman–Crippen LogP) is 3.99. The standard InChI is InChI=1S/C24H29N3O4S2/c1-26(2)24(29)32-22-9-4-3-8-21(22)25-23(28)18-12-14-27(15-13-18)33(30,31)20-11-10-17-6-5-7-19(17)16-20/h3-4,8-11,16,18H,5-7,12-15H2,1-2H3,(H,25,28). The summed E-state index contributed by atoms with van der Waals surface area (Å²) in [4.78, 5) is 27.5. The lowest BCUT2D eigenvalue weighted by atomic mass is 9.97. The molecule has 0 unspecified atom stereocenters. The molecule has 7 nitrogen and oxygen atoms in total. The van der Waals surface area contributed by atoms with Crippen LogP contribution in [0.5, 0.6) is 0 Å². The summed E-state index contributed by atoms with van der Waals surface area (Å²) in [6, 6.07) is 12.7. The van der Waals surface area contributed by atoms with Gasteiger partial charge in [-0.3, -0.25) is 9.59 Å². The van der Waals surface area contributed by atoms with Crippen LogP contribution in [0.1, 0.15) is 30.4 Å². The van der Waals surface area contributed by atoms with Gasteiger partial charge in [0.05, 0.1) is 10.6 Å². The Bertz CT molecular complexity index is 1160. The van der Waals surface area contributed by atoms with Gasteiger partial charge in [0, 0.05) is 38.0 Å². The van der Waals surface area contributed by atoms with Crippen LogP contribution in [0.25, 0.3) is 0 Å². The Morgan fingerprint density at radius 3 is 2.45 bits per heavy atom. The molecule has 0 radical (unpaired) electrons. The van der Waals surface area contributed by atoms with Gasteiger partial charge in [-0.25, -0.2) is 8.42 Å². The zero-order valence-electron chi connectivity index (χ0n) is 18.9. The van der Waals surface area contributed by atoms with Gasteiger partial charge in [-0.15, -0.1) is 0 Å². The zero-order chi connectivity index (χ0) is 23.6. The number of hydrogen-bond acceptors (Lipinski definition) is 5. The number of nitrogens with zero attached hydrogens (tertiary/aromatic N) is 2. The van der Waals surface area contributed by atoms with Crippen molar-refractivity contribution in [3.63, 3.8) is 0 Å². The molecule has 1 aliphatic carbocycles. The molecule has 1 aliphatic heterocycles. The number of sulfonamides is 1. The summed E-state index contributed by atoms with van der Waals surface area (Å²) >= 11 is 1.06. The summed E-state index contributed by atoms with van der Waals surface area (Å²) < 4.78 is 27.8. The molecule has 1 heterocycles. The van der Waals surface area contributed by atoms with E-state index in [-0.39, 0.29) is 17.1 Å². The lowest BCUT2D eigenvalue weighted by molar-refractivity contribution is -0.120. The average molecular weight is 488 g/mol. The number of anilines is 1. The van der Waals surface area contributed by atoms with Crippen molar-refractivity contribution in [3.8, 4) is 0 Å². The van der Waals surface area contributed by atoms with Crippen molar-refractivity contribution in [2.75, 3.05) is 32.5 Å². The van der Waals surface area contributed by atoms with Crippen LogP contribution in [0.15, 0.2) is 52.3 Å². The number of aryl methyl sites for hydroxylation is 2. The largest absolute Gasteiger partial charge is 0.339 e. The third kappa shape index (κ3) is 5.26. The Morgan fingerprint density at radius 2 is 1.73 bits per heavy atom. The molecule has 9 heteroatoms. The number of amides is 2. The van der Waals surface area contributed by atoms with E-state index < -0.39 is 10.0 Å². The molecule has 2 aliphatic rings. The molecule has 4 rings (SSSR count). The smallest absolute Gasteiger partial charge is 0.286 e. The van der Waals surface area contributed by atoms with Gasteiger partial charge in [0.1, 0.15) is 0 Å². The third-order valence-electron chi connectivity index (χ3n) is 6.24. The van der Waals surface area contributed by atoms with Crippen LogP contribution in [0, 0.1) is 5.92 Å². The summed E-state index contributed by atoms with van der Waals surface area (Å²) in [6.45, 7) is 0.625. The predicted molar refractivity (Wildman–Crippen MR) is 130 cm³/mol. The van der Waals surface area contributed by atoms with Crippen molar-refractivity contribution in [2.24, 2.45) is 5.92 Å². The molecule has 0 spiro atoms. The molecule has 2 aromatic rings. The summed E-state index contributed by atoms with van der Waals surface area (Å²) in [6.07, 6.45) is 3.94. The van der Waals surface area contributed by atoms with Crippen LogP contribution in [-0.2, 0) is 27.7 Å². The number of benzene rings is 2. The van der Waals surface area contributed by atoms with Crippen molar-refractivity contribution in [3.05, 3.63) is 53.6 Å². The Hall–Kier alpha value is -2.36. The van der Waals surface area contributed by atoms with Crippen LogP contribution >= 0.6 is 11.8 Å². The molecule has 176 valence electrons. The van der Waals surface area contributed by atoms with E-state index in [9.17, 15) is 18.0 Å². The Kier molecular flexibility index (Phi) is 7.11. The van der Waals surface area contributed by atoms with E-state index in [0.717, 1.165) is 36.6 Å². The number of para-hydroxylation sites is 1. The van der Waals surface area contributed by atoms with Gasteiger partial charge in [0.15, 0.2) is 0 Å². The normalized spacial score (nSPS) is 16.9. The van der Waals surface area contributed by atoms with Crippen LogP contribution < -0.4 is 5.32 Å². The molecule has 2 aromatic carbocycles. The van der Waals surface area contributed by atoms with Crippen molar-refractivity contribution in [2.45, 2.75) is 41.9 Å². The fourth-order valence-electron chi connectivity index (χ4n) is 4.30. The van der Waals surface area contributed by atoms with E-state index in [2.05, 4.69) is 5.32 Å². The maximum Gasteiger partial charge on any atom is 0.286 e. The van der Waals surface area contributed by atoms with Gasteiger partial charge in [-0.2, -0.15) is 4.31 Å². The third-order valence-corrected chi connectivity index (χ3v) is 9.25. The van der Waals surface area contributed by atoms with Crippen molar-refractivity contribution < 1.29 is 18.0 Å². The van der Waals surface area contributed by atoms with Gasteiger partial charge in [-0.1, -0.05) is 18.2 Å². The number of thioether (sulfide) groups is 1. The van der Waals surface area contributed by atoms with Gasteiger partial charge >= 0.3 is 0 Å². The lowest BCUT2D eigenvalue weighted by Gasteiger charge is -2.30. The highest BCUT2D eigenvalue weighted by Gasteiger charge is 2.33. The molecule has 33 heavy (non-hydrogen) atoms. The molecule has 0 aromatic heterocycles. The van der Waals surface area contributed by atoms with Crippen LogP contribution in [0.4, 0.5) is 10.5 Å². The number of fused-ring (bicyclic) bond motifs is 1. The number of carbonyl (C=O) groups is 2. The second-order valence-corrected chi connectivity index (χ2v) is 11.6. The average Bonchev–Trinajstić information content (AvgIpc) is 3.28. The van der Waals surface area contributed by atoms with Gasteiger partial charge in [0.25, 0.3) is 5.24 Å². The fourth-order valence-corrected chi connectivity index (χ4v) is 6.56. The minimum Gasteiger partial charge on any atom is -0.339 e. The molecular weight excluding hydrogens is 458 g/mol. The Morgan fingerprint density at radius 1 is 1.03 bits per heavy atom. The zero-order valence-corrected chi connectivity index (χ0v) is 20.5. The van der Waals surface area contributed by atoms with Crippen LogP contribution in [0.3, 0.4) is 0 Å². The Labute approximate surface area is 199 Å². The SMILES string of the molecule is CN(C)C(=O)Sc1ccccc1NC(=O)C1CCN(S(=O)(=O)c2ccc3c(c2)CCC3)CC1. The number of carbonyl (C=O) groups excluding carboxylic acids is 2. The van der Waals surface area contributed by atoms with Gasteiger partial charge < -0.3 is 10.2 Å². The number of rotatable bonds is 5. The summed E-state index contributed by atoms with van der Waals surface area (Å²) in [5.41, 5.74) is 2.97. The molecule has 1 fully saturated rings. The quantitative estimate of drug-likeness (QED) is 0.645. The monoisotopic (exact) mass is 487 g/mol. The highest BCUT2D eigenvalue weighted by molar-refractivity contribution is 8.13. The second-order valence-electron chi connectivity index (χ2n) is 8.71. The number of hydrogen-bond donors (Lipinski definition) is 1. The van der Waals surface area contributed by atoms with E-state index in [1.165, 1.54) is 14.8 Å². The highest BCUT2D eigenvalue weighted by atomic mass is 32.2. The minimum atomic E-state index is -3.56. The molecular formula is C24H29N3O4S2. The first-order chi connectivity index (χ1) is 15.8. The first-order valence-electron chi connectivity index (χ1n) is 11.2. The van der Waals surface area contributed by atoms with Crippen LogP contribution in [-0.4, -0.2) is 56.0 Å². The van der Waals surface area contributed by atoms with Gasteiger partial charge in [0.2, 0.25) is 15.9 Å². The molecule has 0 atom stereocenters. The maximum absolute atomic E-state index is 13.1. The van der Waals surface area contributed by atoms with E-state index in [4.69, 9.17) is 0 Å². The molecule has 2 amide bonds. The summed E-state index contributed by atoms with van der Waals surface area (Å²) in [5, 5.41) is 2.82. The van der Waals surface area contributed by atoms with Crippen molar-refractivity contribution >= 4 is 38.6 Å². The van der Waals surface area contributed by atoms with Gasteiger partial charge in [-0.05, 0) is 79.3 Å². The van der Waals surface area contributed by atoms with E-state index in [0.29, 0.717) is 41.4 Å².